The maximum Gasteiger partial charge on any atom is 0.224 e. The van der Waals surface area contributed by atoms with E-state index >= 15 is 0 Å². The molecule has 2 aromatic carbocycles. The van der Waals surface area contributed by atoms with Gasteiger partial charge in [-0.3, -0.25) is 9.59 Å². The Morgan fingerprint density at radius 3 is 1.55 bits per heavy atom. The Hall–Kier alpha value is -3.02. The summed E-state index contributed by atoms with van der Waals surface area (Å²) >= 11 is 0. The molecule has 0 bridgehead atoms. The van der Waals surface area contributed by atoms with E-state index in [0.717, 1.165) is 0 Å². The Balaban J connectivity index is 1.79. The van der Waals surface area contributed by atoms with Gasteiger partial charge in [-0.05, 0) is 24.3 Å². The second-order valence-corrected chi connectivity index (χ2v) is 4.70. The molecule has 0 spiro atoms. The molecule has 6 heteroatoms. The van der Waals surface area contributed by atoms with Crippen LogP contribution in [-0.4, -0.2) is 22.0 Å². The lowest BCUT2D eigenvalue weighted by Gasteiger charge is -2.07. The van der Waals surface area contributed by atoms with Crippen molar-refractivity contribution in [2.24, 2.45) is 0 Å². The summed E-state index contributed by atoms with van der Waals surface area (Å²) in [6.07, 6.45) is 0.0284. The third-order valence-electron chi connectivity index (χ3n) is 2.84. The first-order chi connectivity index (χ1) is 10.5. The van der Waals surface area contributed by atoms with Gasteiger partial charge in [-0.2, -0.15) is 0 Å². The fourth-order valence-electron chi connectivity index (χ4n) is 1.84. The van der Waals surface area contributed by atoms with Gasteiger partial charge in [0, 0.05) is 36.3 Å². The molecule has 0 radical (unpaired) electrons. The van der Waals surface area contributed by atoms with Gasteiger partial charge in [0.1, 0.15) is 11.5 Å². The van der Waals surface area contributed by atoms with Crippen molar-refractivity contribution >= 4 is 23.2 Å². The molecule has 22 heavy (non-hydrogen) atoms. The largest absolute Gasteiger partial charge is 0.508 e. The minimum atomic E-state index is -0.323. The molecule has 0 atom stereocenters. The number of phenolic OH excluding ortho intramolecular Hbond substituents is 2. The number of amides is 2. The molecule has 0 fully saturated rings. The summed E-state index contributed by atoms with van der Waals surface area (Å²) in [5.74, 6) is -0.535. The van der Waals surface area contributed by atoms with Gasteiger partial charge in [0.25, 0.3) is 0 Å². The average molecular weight is 300 g/mol. The number of rotatable bonds is 5. The zero-order valence-electron chi connectivity index (χ0n) is 11.7. The molecular formula is C16H16N2O4. The smallest absolute Gasteiger partial charge is 0.224 e. The molecule has 0 aliphatic heterocycles. The second-order valence-electron chi connectivity index (χ2n) is 4.70. The molecule has 6 nitrogen and oxygen atoms in total. The van der Waals surface area contributed by atoms with Crippen LogP contribution in [0.3, 0.4) is 0 Å². The Labute approximate surface area is 127 Å². The van der Waals surface area contributed by atoms with Gasteiger partial charge < -0.3 is 20.8 Å². The van der Waals surface area contributed by atoms with Crippen LogP contribution in [0.5, 0.6) is 11.5 Å². The molecular weight excluding hydrogens is 284 g/mol. The van der Waals surface area contributed by atoms with Gasteiger partial charge in [-0.15, -0.1) is 0 Å². The standard InChI is InChI=1S/C16H16N2O4/c19-13-5-1-3-11(9-13)17-15(21)7-8-16(22)18-12-4-2-6-14(20)10-12/h1-6,9-10,19-20H,7-8H2,(H,17,21)(H,18,22). The SMILES string of the molecule is O=C(CCC(=O)Nc1cccc(O)c1)Nc1cccc(O)c1. The number of anilines is 2. The first kappa shape index (κ1) is 15.4. The lowest BCUT2D eigenvalue weighted by Crippen LogP contribution is -2.17. The molecule has 2 amide bonds. The zero-order chi connectivity index (χ0) is 15.9. The Bertz CT molecular complexity index is 626. The van der Waals surface area contributed by atoms with Crippen LogP contribution in [0.2, 0.25) is 0 Å². The lowest BCUT2D eigenvalue weighted by atomic mass is 10.2. The normalized spacial score (nSPS) is 10.0. The summed E-state index contributed by atoms with van der Waals surface area (Å²) in [7, 11) is 0. The predicted molar refractivity (Wildman–Crippen MR) is 82.7 cm³/mol. The van der Waals surface area contributed by atoms with Crippen LogP contribution in [0.25, 0.3) is 0 Å². The van der Waals surface area contributed by atoms with Crippen molar-refractivity contribution in [2.45, 2.75) is 12.8 Å². The first-order valence-electron chi connectivity index (χ1n) is 6.71. The van der Waals surface area contributed by atoms with Crippen LogP contribution < -0.4 is 10.6 Å². The molecule has 0 saturated carbocycles. The molecule has 0 saturated heterocycles. The quantitative estimate of drug-likeness (QED) is 0.681. The fourth-order valence-corrected chi connectivity index (χ4v) is 1.84. The number of phenols is 2. The van der Waals surface area contributed by atoms with E-state index in [-0.39, 0.29) is 36.2 Å². The molecule has 4 N–H and O–H groups in total. The van der Waals surface area contributed by atoms with Crippen molar-refractivity contribution < 1.29 is 19.8 Å². The highest BCUT2D eigenvalue weighted by molar-refractivity contribution is 5.96. The van der Waals surface area contributed by atoms with E-state index in [1.54, 1.807) is 24.3 Å². The summed E-state index contributed by atoms with van der Waals surface area (Å²) in [6.45, 7) is 0. The van der Waals surface area contributed by atoms with Crippen LogP contribution in [0.1, 0.15) is 12.8 Å². The maximum absolute atomic E-state index is 11.7. The van der Waals surface area contributed by atoms with Crippen molar-refractivity contribution in [3.05, 3.63) is 48.5 Å². The third kappa shape index (κ3) is 4.82. The van der Waals surface area contributed by atoms with Crippen molar-refractivity contribution in [2.75, 3.05) is 10.6 Å². The topological polar surface area (TPSA) is 98.7 Å². The number of carbonyl (C=O) groups excluding carboxylic acids is 2. The third-order valence-corrected chi connectivity index (χ3v) is 2.84. The van der Waals surface area contributed by atoms with Crippen molar-refractivity contribution in [1.29, 1.82) is 0 Å². The van der Waals surface area contributed by atoms with E-state index < -0.39 is 0 Å². The average Bonchev–Trinajstić information content (AvgIpc) is 2.45. The van der Waals surface area contributed by atoms with Gasteiger partial charge in [0.15, 0.2) is 0 Å². The van der Waals surface area contributed by atoms with Crippen LogP contribution in [0.4, 0.5) is 11.4 Å². The van der Waals surface area contributed by atoms with Crippen LogP contribution in [0, 0.1) is 0 Å². The van der Waals surface area contributed by atoms with Crippen LogP contribution in [0.15, 0.2) is 48.5 Å². The van der Waals surface area contributed by atoms with Gasteiger partial charge >= 0.3 is 0 Å². The summed E-state index contributed by atoms with van der Waals surface area (Å²) in [5, 5.41) is 23.8. The van der Waals surface area contributed by atoms with Gasteiger partial charge in [0.2, 0.25) is 11.8 Å². The summed E-state index contributed by atoms with van der Waals surface area (Å²) < 4.78 is 0. The minimum Gasteiger partial charge on any atom is -0.508 e. The Morgan fingerprint density at radius 1 is 0.773 bits per heavy atom. The molecule has 2 aromatic rings. The van der Waals surface area contributed by atoms with E-state index in [1.165, 1.54) is 24.3 Å². The minimum absolute atomic E-state index is 0.0142. The molecule has 2 rings (SSSR count). The summed E-state index contributed by atoms with van der Waals surface area (Å²) in [6, 6.07) is 12.3. The number of carbonyl (C=O) groups is 2. The van der Waals surface area contributed by atoms with E-state index in [4.69, 9.17) is 0 Å². The Morgan fingerprint density at radius 2 is 1.18 bits per heavy atom. The maximum atomic E-state index is 11.7. The van der Waals surface area contributed by atoms with Gasteiger partial charge in [0.05, 0.1) is 0 Å². The van der Waals surface area contributed by atoms with E-state index in [9.17, 15) is 19.8 Å². The molecule has 0 unspecified atom stereocenters. The first-order valence-corrected chi connectivity index (χ1v) is 6.71. The molecule has 0 aromatic heterocycles. The van der Waals surface area contributed by atoms with Crippen molar-refractivity contribution in [1.82, 2.24) is 0 Å². The zero-order valence-corrected chi connectivity index (χ0v) is 11.7. The molecule has 0 aliphatic rings. The van der Waals surface area contributed by atoms with Crippen molar-refractivity contribution in [3.63, 3.8) is 0 Å². The Kier molecular flexibility index (Phi) is 4.98. The second kappa shape index (κ2) is 7.12. The number of aromatic hydroxyl groups is 2. The predicted octanol–water partition coefficient (Wildman–Crippen LogP) is 2.46. The lowest BCUT2D eigenvalue weighted by molar-refractivity contribution is -0.121. The van der Waals surface area contributed by atoms with Crippen molar-refractivity contribution in [3.8, 4) is 11.5 Å². The number of hydrogen-bond acceptors (Lipinski definition) is 4. The summed E-state index contributed by atoms with van der Waals surface area (Å²) in [4.78, 5) is 23.4. The molecule has 0 aliphatic carbocycles. The summed E-state index contributed by atoms with van der Waals surface area (Å²) in [5.41, 5.74) is 0.941. The molecule has 0 heterocycles. The monoisotopic (exact) mass is 300 g/mol. The van der Waals surface area contributed by atoms with E-state index in [2.05, 4.69) is 10.6 Å². The highest BCUT2D eigenvalue weighted by Gasteiger charge is 2.08. The van der Waals surface area contributed by atoms with E-state index in [1.807, 2.05) is 0 Å². The van der Waals surface area contributed by atoms with E-state index in [0.29, 0.717) is 11.4 Å². The molecule has 114 valence electrons. The number of nitrogens with one attached hydrogen (secondary N) is 2. The number of hydrogen-bond donors (Lipinski definition) is 4. The number of benzene rings is 2. The van der Waals surface area contributed by atoms with Crippen LogP contribution >= 0.6 is 0 Å². The highest BCUT2D eigenvalue weighted by Crippen LogP contribution is 2.17. The fraction of sp³-hybridized carbons (Fsp3) is 0.125. The highest BCUT2D eigenvalue weighted by atomic mass is 16.3. The van der Waals surface area contributed by atoms with Crippen LogP contribution in [-0.2, 0) is 9.59 Å². The van der Waals surface area contributed by atoms with Gasteiger partial charge in [-0.1, -0.05) is 12.1 Å². The van der Waals surface area contributed by atoms with Gasteiger partial charge in [-0.25, -0.2) is 0 Å².